The summed E-state index contributed by atoms with van der Waals surface area (Å²) in [6.07, 6.45) is 7.22. The van der Waals surface area contributed by atoms with Gasteiger partial charge >= 0.3 is 0 Å². The summed E-state index contributed by atoms with van der Waals surface area (Å²) in [6.45, 7) is 4.16. The molecule has 0 aromatic rings. The number of hydrogen-bond acceptors (Lipinski definition) is 3. The van der Waals surface area contributed by atoms with Crippen LogP contribution in [0.1, 0.15) is 58.8 Å². The van der Waals surface area contributed by atoms with E-state index in [4.69, 9.17) is 5.73 Å². The first-order valence-corrected chi connectivity index (χ1v) is 7.71. The molecular formula is C15H30N2O2. The van der Waals surface area contributed by atoms with Crippen molar-refractivity contribution < 1.29 is 9.90 Å². The lowest BCUT2D eigenvalue weighted by Crippen LogP contribution is -2.45. The number of nitrogens with one attached hydrogen (secondary N) is 1. The highest BCUT2D eigenvalue weighted by atomic mass is 16.3. The Bertz CT molecular complexity index is 269. The van der Waals surface area contributed by atoms with E-state index < -0.39 is 0 Å². The molecule has 112 valence electrons. The number of hydrogen-bond donors (Lipinski definition) is 3. The quantitative estimate of drug-likeness (QED) is 0.660. The average molecular weight is 270 g/mol. The maximum atomic E-state index is 12.1. The molecule has 0 bridgehead atoms. The lowest BCUT2D eigenvalue weighted by atomic mass is 9.84. The van der Waals surface area contributed by atoms with Crippen LogP contribution in [0.2, 0.25) is 0 Å². The number of rotatable bonds is 7. The van der Waals surface area contributed by atoms with Crippen molar-refractivity contribution in [2.24, 2.45) is 17.6 Å². The average Bonchev–Trinajstić information content (AvgIpc) is 2.38. The number of nitrogens with two attached hydrogens (primary N) is 1. The second-order valence-electron chi connectivity index (χ2n) is 6.15. The first-order valence-electron chi connectivity index (χ1n) is 7.71. The second-order valence-corrected chi connectivity index (χ2v) is 6.15. The minimum atomic E-state index is 0.0417. The lowest BCUT2D eigenvalue weighted by molar-refractivity contribution is -0.126. The van der Waals surface area contributed by atoms with Gasteiger partial charge in [-0.3, -0.25) is 4.79 Å². The molecule has 0 aliphatic heterocycles. The monoisotopic (exact) mass is 270 g/mol. The third kappa shape index (κ3) is 5.91. The van der Waals surface area contributed by atoms with E-state index in [0.717, 1.165) is 38.5 Å². The zero-order valence-corrected chi connectivity index (χ0v) is 12.4. The van der Waals surface area contributed by atoms with Crippen LogP contribution >= 0.6 is 0 Å². The molecule has 1 saturated carbocycles. The molecule has 4 atom stereocenters. The predicted molar refractivity (Wildman–Crippen MR) is 77.6 cm³/mol. The Morgan fingerprint density at radius 2 is 2.00 bits per heavy atom. The molecular weight excluding hydrogens is 240 g/mol. The first kappa shape index (κ1) is 16.4. The summed E-state index contributed by atoms with van der Waals surface area (Å²) < 4.78 is 0. The summed E-state index contributed by atoms with van der Waals surface area (Å²) in [6, 6.07) is 0.384. The summed E-state index contributed by atoms with van der Waals surface area (Å²) in [5.74, 6) is 0.420. The number of carbonyl (C=O) groups is 1. The van der Waals surface area contributed by atoms with E-state index in [-0.39, 0.29) is 36.4 Å². The van der Waals surface area contributed by atoms with Gasteiger partial charge in [-0.2, -0.15) is 0 Å². The number of amides is 1. The molecule has 1 amide bonds. The molecule has 1 aliphatic rings. The van der Waals surface area contributed by atoms with Gasteiger partial charge in [0.15, 0.2) is 0 Å². The van der Waals surface area contributed by atoms with Crippen LogP contribution in [0.4, 0.5) is 0 Å². The van der Waals surface area contributed by atoms with Gasteiger partial charge in [0.05, 0.1) is 0 Å². The van der Waals surface area contributed by atoms with Crippen LogP contribution in [0.5, 0.6) is 0 Å². The van der Waals surface area contributed by atoms with Crippen molar-refractivity contribution in [1.82, 2.24) is 5.32 Å². The Labute approximate surface area is 117 Å². The van der Waals surface area contributed by atoms with Gasteiger partial charge in [-0.1, -0.05) is 26.2 Å². The van der Waals surface area contributed by atoms with E-state index in [0.29, 0.717) is 0 Å². The van der Waals surface area contributed by atoms with E-state index >= 15 is 0 Å². The van der Waals surface area contributed by atoms with Crippen molar-refractivity contribution in [1.29, 1.82) is 0 Å². The highest BCUT2D eigenvalue weighted by molar-refractivity contribution is 5.78. The number of aliphatic hydroxyl groups excluding tert-OH is 1. The first-order chi connectivity index (χ1) is 9.04. The Hall–Kier alpha value is -0.610. The Balaban J connectivity index is 2.31. The molecule has 0 saturated heterocycles. The molecule has 0 spiro atoms. The van der Waals surface area contributed by atoms with Gasteiger partial charge in [0.25, 0.3) is 0 Å². The topological polar surface area (TPSA) is 75.4 Å². The van der Waals surface area contributed by atoms with Crippen molar-refractivity contribution in [2.75, 3.05) is 6.61 Å². The fraction of sp³-hybridized carbons (Fsp3) is 0.933. The molecule has 0 aromatic carbocycles. The molecule has 4 heteroatoms. The molecule has 19 heavy (non-hydrogen) atoms. The van der Waals surface area contributed by atoms with Gasteiger partial charge in [0.2, 0.25) is 5.91 Å². The summed E-state index contributed by atoms with van der Waals surface area (Å²) in [7, 11) is 0. The van der Waals surface area contributed by atoms with E-state index in [1.54, 1.807) is 0 Å². The fourth-order valence-electron chi connectivity index (χ4n) is 2.82. The number of aliphatic hydroxyl groups is 1. The van der Waals surface area contributed by atoms with Crippen molar-refractivity contribution in [3.05, 3.63) is 0 Å². The van der Waals surface area contributed by atoms with Gasteiger partial charge in [0, 0.05) is 30.5 Å². The third-order valence-corrected chi connectivity index (χ3v) is 4.22. The van der Waals surface area contributed by atoms with Crippen molar-refractivity contribution in [3.8, 4) is 0 Å². The molecule has 1 aliphatic carbocycles. The fourth-order valence-corrected chi connectivity index (χ4v) is 2.82. The molecule has 4 N–H and O–H groups in total. The van der Waals surface area contributed by atoms with Gasteiger partial charge in [-0.15, -0.1) is 0 Å². The summed E-state index contributed by atoms with van der Waals surface area (Å²) in [4.78, 5) is 12.1. The summed E-state index contributed by atoms with van der Waals surface area (Å²) in [5.41, 5.74) is 5.71. The molecule has 1 rings (SSSR count). The van der Waals surface area contributed by atoms with Crippen LogP contribution in [0.25, 0.3) is 0 Å². The maximum absolute atomic E-state index is 12.1. The van der Waals surface area contributed by atoms with Crippen molar-refractivity contribution in [2.45, 2.75) is 70.9 Å². The van der Waals surface area contributed by atoms with Gasteiger partial charge in [-0.05, 0) is 32.6 Å². The highest BCUT2D eigenvalue weighted by Crippen LogP contribution is 2.24. The standard InChI is InChI=1S/C15H30N2O2/c1-11(6-5-7-12(2)16)15(19)17-14-9-4-3-8-13(14)10-18/h11-14,18H,3-10,16H2,1-2H3,(H,17,19). The number of carbonyl (C=O) groups excluding carboxylic acids is 1. The molecule has 0 heterocycles. The van der Waals surface area contributed by atoms with Crippen LogP contribution < -0.4 is 11.1 Å². The van der Waals surface area contributed by atoms with E-state index in [2.05, 4.69) is 5.32 Å². The Kier molecular flexibility index (Phi) is 7.39. The molecule has 0 aromatic heterocycles. The van der Waals surface area contributed by atoms with E-state index in [1.807, 2.05) is 13.8 Å². The van der Waals surface area contributed by atoms with Crippen LogP contribution in [-0.4, -0.2) is 29.7 Å². The highest BCUT2D eigenvalue weighted by Gasteiger charge is 2.27. The lowest BCUT2D eigenvalue weighted by Gasteiger charge is -2.31. The van der Waals surface area contributed by atoms with Gasteiger partial charge in [-0.25, -0.2) is 0 Å². The van der Waals surface area contributed by atoms with Crippen LogP contribution in [0.3, 0.4) is 0 Å². The largest absolute Gasteiger partial charge is 0.396 e. The normalized spacial score (nSPS) is 26.7. The van der Waals surface area contributed by atoms with Crippen molar-refractivity contribution in [3.63, 3.8) is 0 Å². The van der Waals surface area contributed by atoms with Gasteiger partial charge in [0.1, 0.15) is 0 Å². The van der Waals surface area contributed by atoms with Crippen molar-refractivity contribution >= 4 is 5.91 Å². The molecule has 1 fully saturated rings. The summed E-state index contributed by atoms with van der Waals surface area (Å²) in [5, 5.41) is 12.5. The Morgan fingerprint density at radius 1 is 1.32 bits per heavy atom. The second kappa shape index (κ2) is 8.54. The van der Waals surface area contributed by atoms with E-state index in [1.165, 1.54) is 6.42 Å². The smallest absolute Gasteiger partial charge is 0.223 e. The molecule has 4 unspecified atom stereocenters. The third-order valence-electron chi connectivity index (χ3n) is 4.22. The minimum absolute atomic E-state index is 0.0417. The zero-order valence-electron chi connectivity index (χ0n) is 12.4. The SMILES string of the molecule is CC(N)CCCC(C)C(=O)NC1CCCCC1CO. The van der Waals surface area contributed by atoms with Crippen LogP contribution in [-0.2, 0) is 4.79 Å². The van der Waals surface area contributed by atoms with E-state index in [9.17, 15) is 9.90 Å². The van der Waals surface area contributed by atoms with Crippen LogP contribution in [0.15, 0.2) is 0 Å². The zero-order chi connectivity index (χ0) is 14.3. The minimum Gasteiger partial charge on any atom is -0.396 e. The Morgan fingerprint density at radius 3 is 2.63 bits per heavy atom. The molecule has 0 radical (unpaired) electrons. The maximum Gasteiger partial charge on any atom is 0.223 e. The van der Waals surface area contributed by atoms with Gasteiger partial charge < -0.3 is 16.2 Å². The molecule has 4 nitrogen and oxygen atoms in total. The van der Waals surface area contributed by atoms with Crippen LogP contribution in [0, 0.1) is 11.8 Å². The predicted octanol–water partition coefficient (Wildman–Crippen LogP) is 1.81. The summed E-state index contributed by atoms with van der Waals surface area (Å²) >= 11 is 0.